The van der Waals surface area contributed by atoms with Crippen molar-refractivity contribution in [3.63, 3.8) is 0 Å². The Kier molecular flexibility index (Phi) is 5.41. The molecular formula is C14H12BrCl2FN2. The van der Waals surface area contributed by atoms with Crippen LogP contribution in [0.2, 0.25) is 10.0 Å². The van der Waals surface area contributed by atoms with Gasteiger partial charge in [-0.05, 0) is 36.2 Å². The summed E-state index contributed by atoms with van der Waals surface area (Å²) in [4.78, 5) is 0. The molecule has 0 saturated carbocycles. The Morgan fingerprint density at radius 3 is 2.55 bits per heavy atom. The Hall–Kier alpha value is -0.650. The lowest BCUT2D eigenvalue weighted by molar-refractivity contribution is 0.510. The minimum absolute atomic E-state index is 0.351. The van der Waals surface area contributed by atoms with Gasteiger partial charge in [-0.25, -0.2) is 4.39 Å². The Bertz CT molecular complexity index is 622. The molecule has 0 aromatic heterocycles. The first kappa shape index (κ1) is 15.7. The Labute approximate surface area is 135 Å². The van der Waals surface area contributed by atoms with Crippen molar-refractivity contribution in [3.8, 4) is 0 Å². The van der Waals surface area contributed by atoms with Gasteiger partial charge in [0.05, 0.1) is 6.04 Å². The van der Waals surface area contributed by atoms with Crippen LogP contribution in [-0.4, -0.2) is 0 Å². The molecule has 20 heavy (non-hydrogen) atoms. The van der Waals surface area contributed by atoms with E-state index in [4.69, 9.17) is 29.0 Å². The average Bonchev–Trinajstić information content (AvgIpc) is 2.39. The van der Waals surface area contributed by atoms with Crippen LogP contribution in [0.1, 0.15) is 17.2 Å². The molecule has 2 rings (SSSR count). The summed E-state index contributed by atoms with van der Waals surface area (Å²) in [5, 5.41) is 0.956. The van der Waals surface area contributed by atoms with Crippen LogP contribution in [0.3, 0.4) is 0 Å². The normalized spacial score (nSPS) is 12.4. The zero-order valence-electron chi connectivity index (χ0n) is 10.3. The van der Waals surface area contributed by atoms with E-state index < -0.39 is 5.82 Å². The molecule has 2 nitrogen and oxygen atoms in total. The lowest BCUT2D eigenvalue weighted by Crippen LogP contribution is -2.30. The molecular weight excluding hydrogens is 366 g/mol. The minimum atomic E-state index is -0.395. The largest absolute Gasteiger partial charge is 0.271 e. The maximum atomic E-state index is 13.9. The van der Waals surface area contributed by atoms with Crippen molar-refractivity contribution in [1.82, 2.24) is 5.43 Å². The van der Waals surface area contributed by atoms with Crippen molar-refractivity contribution in [2.75, 3.05) is 0 Å². The molecule has 0 fully saturated rings. The molecule has 1 atom stereocenters. The Morgan fingerprint density at radius 1 is 1.20 bits per heavy atom. The van der Waals surface area contributed by atoms with Gasteiger partial charge in [-0.1, -0.05) is 51.3 Å². The van der Waals surface area contributed by atoms with Gasteiger partial charge in [-0.2, -0.15) is 0 Å². The highest BCUT2D eigenvalue weighted by atomic mass is 79.9. The quantitative estimate of drug-likeness (QED) is 0.601. The maximum Gasteiger partial charge on any atom is 0.129 e. The molecule has 106 valence electrons. The van der Waals surface area contributed by atoms with Gasteiger partial charge in [-0.3, -0.25) is 11.3 Å². The Morgan fingerprint density at radius 2 is 1.95 bits per heavy atom. The van der Waals surface area contributed by atoms with Crippen molar-refractivity contribution in [3.05, 3.63) is 67.9 Å². The first-order chi connectivity index (χ1) is 9.51. The van der Waals surface area contributed by atoms with Crippen molar-refractivity contribution in [1.29, 1.82) is 0 Å². The van der Waals surface area contributed by atoms with Gasteiger partial charge in [0.2, 0.25) is 0 Å². The summed E-state index contributed by atoms with van der Waals surface area (Å²) in [6, 6.07) is 9.69. The van der Waals surface area contributed by atoms with Crippen molar-refractivity contribution < 1.29 is 4.39 Å². The summed E-state index contributed by atoms with van der Waals surface area (Å²) < 4.78 is 14.8. The highest BCUT2D eigenvalue weighted by molar-refractivity contribution is 9.10. The number of rotatable bonds is 4. The SMILES string of the molecule is NNC(Cc1ccc(Br)cc1Cl)c1ccc(Cl)cc1F. The zero-order chi connectivity index (χ0) is 14.7. The van der Waals surface area contributed by atoms with Gasteiger partial charge in [-0.15, -0.1) is 0 Å². The van der Waals surface area contributed by atoms with Crippen molar-refractivity contribution in [2.24, 2.45) is 5.84 Å². The summed E-state index contributed by atoms with van der Waals surface area (Å²) in [6.45, 7) is 0. The summed E-state index contributed by atoms with van der Waals surface area (Å²) in [5.41, 5.74) is 3.95. The van der Waals surface area contributed by atoms with Crippen LogP contribution < -0.4 is 11.3 Å². The maximum absolute atomic E-state index is 13.9. The van der Waals surface area contributed by atoms with Gasteiger partial charge in [0.25, 0.3) is 0 Å². The van der Waals surface area contributed by atoms with E-state index in [-0.39, 0.29) is 6.04 Å². The molecule has 2 aromatic rings. The van der Waals surface area contributed by atoms with E-state index in [9.17, 15) is 4.39 Å². The number of hydrogen-bond donors (Lipinski definition) is 2. The second-order valence-corrected chi connectivity index (χ2v) is 6.08. The van der Waals surface area contributed by atoms with Crippen LogP contribution in [0.5, 0.6) is 0 Å². The number of benzene rings is 2. The third kappa shape index (κ3) is 3.71. The molecule has 0 heterocycles. The molecule has 0 aliphatic heterocycles. The van der Waals surface area contributed by atoms with Crippen LogP contribution in [0.25, 0.3) is 0 Å². The minimum Gasteiger partial charge on any atom is -0.271 e. The van der Waals surface area contributed by atoms with E-state index in [1.165, 1.54) is 6.07 Å². The van der Waals surface area contributed by atoms with Gasteiger partial charge in [0.15, 0.2) is 0 Å². The van der Waals surface area contributed by atoms with Gasteiger partial charge in [0.1, 0.15) is 5.82 Å². The van der Waals surface area contributed by atoms with Crippen LogP contribution >= 0.6 is 39.1 Å². The molecule has 2 aromatic carbocycles. The number of hydrazine groups is 1. The second kappa shape index (κ2) is 6.87. The predicted octanol–water partition coefficient (Wildman–Crippen LogP) is 4.64. The molecule has 0 saturated heterocycles. The predicted molar refractivity (Wildman–Crippen MR) is 84.3 cm³/mol. The molecule has 0 aliphatic carbocycles. The van der Waals surface area contributed by atoms with E-state index in [0.29, 0.717) is 22.0 Å². The van der Waals surface area contributed by atoms with Gasteiger partial charge in [0, 0.05) is 20.1 Å². The first-order valence-electron chi connectivity index (χ1n) is 5.86. The van der Waals surface area contributed by atoms with Crippen LogP contribution in [0.15, 0.2) is 40.9 Å². The number of nitrogens with two attached hydrogens (primary N) is 1. The standard InChI is InChI=1S/C14H12BrCl2FN2/c15-9-2-1-8(12(17)6-9)5-14(20-19)11-4-3-10(16)7-13(11)18/h1-4,6-7,14,20H,5,19H2. The van der Waals surface area contributed by atoms with Crippen LogP contribution in [0.4, 0.5) is 4.39 Å². The third-order valence-corrected chi connectivity index (χ3v) is 4.06. The summed E-state index contributed by atoms with van der Waals surface area (Å²) in [7, 11) is 0. The molecule has 0 spiro atoms. The third-order valence-electron chi connectivity index (χ3n) is 2.98. The molecule has 0 aliphatic rings. The summed E-state index contributed by atoms with van der Waals surface area (Å²) in [5.74, 6) is 5.14. The second-order valence-electron chi connectivity index (χ2n) is 4.32. The fourth-order valence-electron chi connectivity index (χ4n) is 1.95. The van der Waals surface area contributed by atoms with E-state index in [0.717, 1.165) is 10.0 Å². The first-order valence-corrected chi connectivity index (χ1v) is 7.41. The van der Waals surface area contributed by atoms with Crippen LogP contribution in [-0.2, 0) is 6.42 Å². The molecule has 6 heteroatoms. The molecule has 0 bridgehead atoms. The van der Waals surface area contributed by atoms with E-state index >= 15 is 0 Å². The molecule has 3 N–H and O–H groups in total. The lowest BCUT2D eigenvalue weighted by Gasteiger charge is -2.18. The fraction of sp³-hybridized carbons (Fsp3) is 0.143. The number of hydrogen-bond acceptors (Lipinski definition) is 2. The fourth-order valence-corrected chi connectivity index (χ4v) is 2.86. The van der Waals surface area contributed by atoms with Crippen LogP contribution in [0, 0.1) is 5.82 Å². The van der Waals surface area contributed by atoms with Gasteiger partial charge < -0.3 is 0 Å². The lowest BCUT2D eigenvalue weighted by atomic mass is 9.99. The highest BCUT2D eigenvalue weighted by Crippen LogP contribution is 2.28. The topological polar surface area (TPSA) is 38.0 Å². The smallest absolute Gasteiger partial charge is 0.129 e. The molecule has 0 amide bonds. The highest BCUT2D eigenvalue weighted by Gasteiger charge is 2.16. The summed E-state index contributed by atoms with van der Waals surface area (Å²) >= 11 is 15.3. The van der Waals surface area contributed by atoms with Crippen molar-refractivity contribution >= 4 is 39.1 Å². The molecule has 1 unspecified atom stereocenters. The van der Waals surface area contributed by atoms with Crippen molar-refractivity contribution in [2.45, 2.75) is 12.5 Å². The zero-order valence-corrected chi connectivity index (χ0v) is 13.4. The number of halogens is 4. The van der Waals surface area contributed by atoms with E-state index in [1.807, 2.05) is 12.1 Å². The van der Waals surface area contributed by atoms with Gasteiger partial charge >= 0.3 is 0 Å². The summed E-state index contributed by atoms with van der Waals surface area (Å²) in [6.07, 6.45) is 0.473. The Balaban J connectivity index is 2.28. The average molecular weight is 378 g/mol. The van der Waals surface area contributed by atoms with E-state index in [1.54, 1.807) is 18.2 Å². The monoisotopic (exact) mass is 376 g/mol. The molecule has 0 radical (unpaired) electrons. The van der Waals surface area contributed by atoms with E-state index in [2.05, 4.69) is 21.4 Å². The number of nitrogens with one attached hydrogen (secondary N) is 1.